The van der Waals surface area contributed by atoms with Gasteiger partial charge in [-0.05, 0) is 134 Å². The second kappa shape index (κ2) is 30.4. The van der Waals surface area contributed by atoms with Gasteiger partial charge in [0.25, 0.3) is 0 Å². The number of hydrogen-bond acceptors (Lipinski definition) is 13. The summed E-state index contributed by atoms with van der Waals surface area (Å²) in [6.07, 6.45) is 3.77. The smallest absolute Gasteiger partial charge is 0.314 e. The first kappa shape index (κ1) is 62.1. The van der Waals surface area contributed by atoms with Crippen molar-refractivity contribution in [3.63, 3.8) is 0 Å². The number of halogens is 4. The quantitative estimate of drug-likeness (QED) is 0.0247. The molecule has 2 aliphatic rings. The van der Waals surface area contributed by atoms with E-state index in [1.807, 2.05) is 23.9 Å². The minimum Gasteiger partial charge on any atom is -0.379 e. The number of sulfonamides is 1. The lowest BCUT2D eigenvalue weighted by Gasteiger charge is -2.34. The summed E-state index contributed by atoms with van der Waals surface area (Å²) in [5.74, 6) is -2.21. The predicted molar refractivity (Wildman–Crippen MR) is 292 cm³/mol. The maximum atomic E-state index is 15.3. The SMILES string of the molecule is [C-]#[N+]c1cc(Cl)cc2c1CN(C)CC2c1cc(S(=O)(=O)NCCOCCOCCCC(=O)CCCCCNC(=O)NCCOCCOCCCS(=O)(=O)c2ccc(F)c(C3CN(C)Cc4c(C#N)cc(Cl)cc43)c2)ccc1F. The number of urea groups is 1. The largest absolute Gasteiger partial charge is 0.379 e. The van der Waals surface area contributed by atoms with Crippen molar-refractivity contribution in [3.05, 3.63) is 133 Å². The third kappa shape index (κ3) is 18.2. The molecule has 422 valence electrons. The number of carbonyl (C=O) groups excluding carboxylic acids is 2. The second-order valence-corrected chi connectivity index (χ2v) is 24.0. The highest BCUT2D eigenvalue weighted by atomic mass is 35.5. The van der Waals surface area contributed by atoms with E-state index >= 15 is 8.78 Å². The van der Waals surface area contributed by atoms with Gasteiger partial charge in [0.1, 0.15) is 17.4 Å². The molecule has 3 N–H and O–H groups in total. The summed E-state index contributed by atoms with van der Waals surface area (Å²) in [5, 5.41) is 15.9. The van der Waals surface area contributed by atoms with E-state index in [0.29, 0.717) is 104 Å². The molecule has 4 aromatic rings. The molecule has 0 saturated heterocycles. The van der Waals surface area contributed by atoms with Crippen LogP contribution in [0.25, 0.3) is 4.85 Å². The summed E-state index contributed by atoms with van der Waals surface area (Å²) in [5.41, 5.74) is 4.12. The van der Waals surface area contributed by atoms with Crippen LogP contribution in [-0.4, -0.2) is 144 Å². The number of hydrogen-bond donors (Lipinski definition) is 3. The van der Waals surface area contributed by atoms with E-state index in [1.165, 1.54) is 30.3 Å². The van der Waals surface area contributed by atoms with Crippen LogP contribution in [-0.2, 0) is 56.7 Å². The van der Waals surface area contributed by atoms with E-state index in [0.717, 1.165) is 23.6 Å². The number of nitrogens with one attached hydrogen (secondary N) is 3. The third-order valence-electron chi connectivity index (χ3n) is 13.3. The van der Waals surface area contributed by atoms with Gasteiger partial charge in [0.2, 0.25) is 10.0 Å². The summed E-state index contributed by atoms with van der Waals surface area (Å²) in [6.45, 7) is 11.9. The van der Waals surface area contributed by atoms with Crippen LogP contribution >= 0.6 is 23.2 Å². The Labute approximate surface area is 466 Å². The van der Waals surface area contributed by atoms with Crippen molar-refractivity contribution in [1.29, 1.82) is 5.26 Å². The van der Waals surface area contributed by atoms with Gasteiger partial charge in [0.15, 0.2) is 15.5 Å². The predicted octanol–water partition coefficient (Wildman–Crippen LogP) is 8.27. The Bertz CT molecular complexity index is 2830. The molecule has 0 aliphatic carbocycles. The molecule has 2 amide bonds. The molecule has 0 radical (unpaired) electrons. The van der Waals surface area contributed by atoms with Crippen LogP contribution in [0.15, 0.2) is 70.5 Å². The maximum Gasteiger partial charge on any atom is 0.314 e. The lowest BCUT2D eigenvalue weighted by molar-refractivity contribution is -0.119. The van der Waals surface area contributed by atoms with Gasteiger partial charge in [-0.3, -0.25) is 4.79 Å². The first-order chi connectivity index (χ1) is 37.4. The number of rotatable bonds is 31. The van der Waals surface area contributed by atoms with Gasteiger partial charge in [-0.1, -0.05) is 29.6 Å². The van der Waals surface area contributed by atoms with Crippen LogP contribution in [0.5, 0.6) is 0 Å². The van der Waals surface area contributed by atoms with Crippen molar-refractivity contribution in [2.45, 2.75) is 79.7 Å². The van der Waals surface area contributed by atoms with Gasteiger partial charge >= 0.3 is 6.03 Å². The molecular formula is C55H67Cl2F2N7O10S2. The Morgan fingerprint density at radius 1 is 0.667 bits per heavy atom. The average molecular weight is 1160 g/mol. The molecular weight excluding hydrogens is 1090 g/mol. The number of carbonyl (C=O) groups is 2. The van der Waals surface area contributed by atoms with Crippen molar-refractivity contribution >= 4 is 60.6 Å². The molecule has 78 heavy (non-hydrogen) atoms. The highest BCUT2D eigenvalue weighted by Gasteiger charge is 2.32. The van der Waals surface area contributed by atoms with Crippen LogP contribution in [0, 0.1) is 29.5 Å². The topological polar surface area (TPSA) is 210 Å². The van der Waals surface area contributed by atoms with E-state index in [2.05, 4.69) is 26.3 Å². The van der Waals surface area contributed by atoms with E-state index in [4.69, 9.17) is 48.7 Å². The van der Waals surface area contributed by atoms with Crippen LogP contribution in [0.1, 0.15) is 95.7 Å². The zero-order valence-corrected chi connectivity index (χ0v) is 47.0. The molecule has 6 rings (SSSR count). The summed E-state index contributed by atoms with van der Waals surface area (Å²) < 4.78 is 108. The molecule has 2 unspecified atom stereocenters. The molecule has 23 heteroatoms. The Balaban J connectivity index is 0.727. The molecule has 0 aromatic heterocycles. The zero-order chi connectivity index (χ0) is 56.2. The molecule has 0 spiro atoms. The summed E-state index contributed by atoms with van der Waals surface area (Å²) in [4.78, 5) is 31.9. The Morgan fingerprint density at radius 3 is 1.85 bits per heavy atom. The van der Waals surface area contributed by atoms with Crippen molar-refractivity contribution in [3.8, 4) is 6.07 Å². The number of nitriles is 1. The zero-order valence-electron chi connectivity index (χ0n) is 43.9. The number of ketones is 1. The number of amides is 2. The van der Waals surface area contributed by atoms with Gasteiger partial charge in [0, 0.05) is 93.7 Å². The molecule has 0 fully saturated rings. The van der Waals surface area contributed by atoms with Crippen LogP contribution in [0.4, 0.5) is 19.3 Å². The molecule has 2 heterocycles. The van der Waals surface area contributed by atoms with E-state index in [1.54, 1.807) is 24.3 Å². The number of benzene rings is 4. The van der Waals surface area contributed by atoms with E-state index in [9.17, 15) is 31.7 Å². The number of sulfone groups is 1. The van der Waals surface area contributed by atoms with Crippen molar-refractivity contribution in [1.82, 2.24) is 25.2 Å². The van der Waals surface area contributed by atoms with Gasteiger partial charge in [-0.25, -0.2) is 40.0 Å². The van der Waals surface area contributed by atoms with Gasteiger partial charge in [0.05, 0.1) is 73.4 Å². The Kier molecular flexibility index (Phi) is 24.2. The summed E-state index contributed by atoms with van der Waals surface area (Å²) in [6, 6.07) is 15.9. The lowest BCUT2D eigenvalue weighted by Crippen LogP contribution is -2.37. The maximum absolute atomic E-state index is 15.3. The fourth-order valence-corrected chi connectivity index (χ4v) is 12.3. The molecule has 17 nitrogen and oxygen atoms in total. The first-order valence-corrected chi connectivity index (χ1v) is 29.7. The highest BCUT2D eigenvalue weighted by molar-refractivity contribution is 7.91. The normalized spacial score (nSPS) is 15.7. The van der Waals surface area contributed by atoms with Crippen molar-refractivity contribution in [2.75, 3.05) is 105 Å². The summed E-state index contributed by atoms with van der Waals surface area (Å²) >= 11 is 12.6. The number of likely N-dealkylation sites (N-methyl/N-ethyl adjacent to an activating group) is 2. The lowest BCUT2D eigenvalue weighted by atomic mass is 9.83. The monoisotopic (exact) mass is 1160 g/mol. The van der Waals surface area contributed by atoms with Crippen LogP contribution in [0.3, 0.4) is 0 Å². The minimum absolute atomic E-state index is 0.00722. The average Bonchev–Trinajstić information content (AvgIpc) is 3.48. The number of nitrogens with zero attached hydrogens (tertiary/aromatic N) is 4. The molecule has 2 aliphatic heterocycles. The van der Waals surface area contributed by atoms with E-state index in [-0.39, 0.29) is 104 Å². The second-order valence-electron chi connectivity index (χ2n) is 19.3. The number of Topliss-reactive ketones (excluding diaryl/α,β-unsaturated/α-hetero) is 1. The van der Waals surface area contributed by atoms with Gasteiger partial charge in [-0.2, -0.15) is 5.26 Å². The molecule has 2 atom stereocenters. The number of ether oxygens (including phenoxy) is 4. The number of unbranched alkanes of at least 4 members (excludes halogenated alkanes) is 2. The fourth-order valence-electron chi connectivity index (χ4n) is 9.50. The molecule has 0 bridgehead atoms. The Hall–Kier alpha value is -5.14. The Morgan fingerprint density at radius 2 is 1.21 bits per heavy atom. The van der Waals surface area contributed by atoms with Crippen LogP contribution in [0.2, 0.25) is 10.0 Å². The third-order valence-corrected chi connectivity index (χ3v) is 17.0. The highest BCUT2D eigenvalue weighted by Crippen LogP contribution is 2.42. The van der Waals surface area contributed by atoms with Crippen molar-refractivity contribution < 1.29 is 54.2 Å². The fraction of sp³-hybridized carbons (Fsp3) is 0.491. The van der Waals surface area contributed by atoms with E-state index < -0.39 is 43.3 Å². The minimum atomic E-state index is -4.00. The molecule has 0 saturated carbocycles. The molecule has 4 aromatic carbocycles. The van der Waals surface area contributed by atoms with Crippen molar-refractivity contribution in [2.24, 2.45) is 0 Å². The number of fused-ring (bicyclic) bond motifs is 2. The van der Waals surface area contributed by atoms with Gasteiger partial charge in [-0.15, -0.1) is 0 Å². The first-order valence-electron chi connectivity index (χ1n) is 25.9. The standard InChI is InChI=1S/C55H67Cl2F2N7O10S2/c1-61-54-30-40(57)29-45-50(36-66(3)37-51(45)54)47-32-43(12-14-53(47)59)78(71,72)64-17-21-76-25-22-73-18-7-10-41(67)9-5-4-6-15-62-55(68)63-16-20-75-24-23-74-19-8-26-77(69,70)42-11-13-52(58)46(31-42)49-35-65(2)34-48-38(33-60)27-39(56)28-44(48)49/h11-14,27-32,49-50,64H,4-10,15-26,34-37H2,2-3H3,(H2,62,63,68). The van der Waals surface area contributed by atoms with Gasteiger partial charge < -0.3 is 39.4 Å². The van der Waals surface area contributed by atoms with Crippen LogP contribution < -0.4 is 15.4 Å². The summed E-state index contributed by atoms with van der Waals surface area (Å²) in [7, 11) is -4.04.